The Kier molecular flexibility index (Phi) is 65.8. The fourth-order valence-electron chi connectivity index (χ4n) is 9.23. The fraction of sp³-hybridized carbons (Fsp3) is 0.649. The highest BCUT2D eigenvalue weighted by atomic mass is 16.6. The maximum atomic E-state index is 13.0. The molecule has 0 fully saturated rings. The van der Waals surface area contributed by atoms with Gasteiger partial charge in [-0.25, -0.2) is 0 Å². The summed E-state index contributed by atoms with van der Waals surface area (Å²) in [4.78, 5) is 38.4. The molecule has 0 aliphatic rings. The second-order valence-corrected chi connectivity index (χ2v) is 22.3. The highest BCUT2D eigenvalue weighted by molar-refractivity contribution is 5.71. The molecular formula is C77H126O6. The Morgan fingerprint density at radius 3 is 0.747 bits per heavy atom. The molecule has 83 heavy (non-hydrogen) atoms. The Morgan fingerprint density at radius 2 is 0.470 bits per heavy atom. The van der Waals surface area contributed by atoms with E-state index in [0.717, 1.165) is 154 Å². The van der Waals surface area contributed by atoms with E-state index in [2.05, 4.69) is 167 Å². The predicted molar refractivity (Wildman–Crippen MR) is 362 cm³/mol. The smallest absolute Gasteiger partial charge is 0.306 e. The lowest BCUT2D eigenvalue weighted by Crippen LogP contribution is -2.30. The van der Waals surface area contributed by atoms with Crippen LogP contribution in [0.1, 0.15) is 303 Å². The minimum absolute atomic E-state index is 0.0940. The summed E-state index contributed by atoms with van der Waals surface area (Å²) in [5, 5.41) is 0. The lowest BCUT2D eigenvalue weighted by molar-refractivity contribution is -0.167. The SMILES string of the molecule is CC/C=C\C/C=C\C/C=C\C/C=C\C/C=C\C/C=C\C/C=C\CCCCCCCC(=O)OCC(COC(=O)CCCCCCC/C=C\CCCCCCCC)OC(=O)CCCCCCCCCCCC/C=C\C/C=C\C/C=C\C/C=C\CC. The monoisotopic (exact) mass is 1150 g/mol. The molecule has 6 heteroatoms. The molecule has 0 bridgehead atoms. The van der Waals surface area contributed by atoms with E-state index in [0.29, 0.717) is 19.3 Å². The zero-order valence-corrected chi connectivity index (χ0v) is 53.9. The Bertz CT molecular complexity index is 1800. The summed E-state index contributed by atoms with van der Waals surface area (Å²) in [6.07, 6.45) is 100.0. The summed E-state index contributed by atoms with van der Waals surface area (Å²) in [6.45, 7) is 6.40. The lowest BCUT2D eigenvalue weighted by Gasteiger charge is -2.18. The molecule has 0 aromatic rings. The maximum absolute atomic E-state index is 13.0. The summed E-state index contributed by atoms with van der Waals surface area (Å²) in [6, 6.07) is 0. The number of unbranched alkanes of at least 4 members (excludes halogenated alkanes) is 26. The number of allylic oxidation sites excluding steroid dienone is 24. The lowest BCUT2D eigenvalue weighted by atomic mass is 10.0. The molecule has 6 nitrogen and oxygen atoms in total. The topological polar surface area (TPSA) is 78.9 Å². The van der Waals surface area contributed by atoms with Crippen molar-refractivity contribution < 1.29 is 28.6 Å². The molecule has 1 unspecified atom stereocenters. The van der Waals surface area contributed by atoms with Gasteiger partial charge in [-0.05, 0) is 141 Å². The molecular weight excluding hydrogens is 1020 g/mol. The minimum Gasteiger partial charge on any atom is -0.462 e. The molecule has 0 radical (unpaired) electrons. The van der Waals surface area contributed by atoms with E-state index in [-0.39, 0.29) is 31.1 Å². The third-order valence-corrected chi connectivity index (χ3v) is 14.3. The highest BCUT2D eigenvalue weighted by Crippen LogP contribution is 2.15. The van der Waals surface area contributed by atoms with Gasteiger partial charge in [0.2, 0.25) is 0 Å². The number of esters is 3. The van der Waals surface area contributed by atoms with Gasteiger partial charge in [-0.3, -0.25) is 14.4 Å². The van der Waals surface area contributed by atoms with E-state index in [1.807, 2.05) is 0 Å². The predicted octanol–water partition coefficient (Wildman–Crippen LogP) is 23.9. The van der Waals surface area contributed by atoms with Crippen molar-refractivity contribution in [2.45, 2.75) is 309 Å². The normalized spacial score (nSPS) is 13.0. The standard InChI is InChI=1S/C77H126O6/c1-4-7-10-13-16-19-22-25-28-30-32-34-36-37-38-39-41-42-44-46-49-52-55-58-61-64-67-70-76(79)82-73-74(72-81-75(78)69-66-63-60-57-54-51-48-27-24-21-18-15-12-9-6-3)83-77(80)71-68-65-62-59-56-53-50-47-45-43-40-35-33-31-29-26-23-20-17-14-11-8-5-2/h7-8,10-11,16-17,19-20,25-29,32-35,37-38,41-42,46,48-49,74H,4-6,9,12-15,18,21-24,30-31,36,39-40,43-45,47,50-73H2,1-3H3/b10-7-,11-8-,19-16-,20-17-,28-25-,29-26-,34-32-,35-33-,38-37-,42-41-,48-27-,49-46-. The molecule has 0 saturated carbocycles. The van der Waals surface area contributed by atoms with E-state index in [1.165, 1.54) is 109 Å². The molecule has 0 aliphatic heterocycles. The fourth-order valence-corrected chi connectivity index (χ4v) is 9.23. The van der Waals surface area contributed by atoms with Gasteiger partial charge in [0.15, 0.2) is 6.10 Å². The van der Waals surface area contributed by atoms with Gasteiger partial charge in [-0.1, -0.05) is 289 Å². The minimum atomic E-state index is -0.800. The van der Waals surface area contributed by atoms with Gasteiger partial charge in [0.05, 0.1) is 0 Å². The van der Waals surface area contributed by atoms with Crippen LogP contribution in [0.15, 0.2) is 146 Å². The van der Waals surface area contributed by atoms with Crippen molar-refractivity contribution in [2.75, 3.05) is 13.2 Å². The van der Waals surface area contributed by atoms with E-state index < -0.39 is 6.10 Å². The molecule has 0 N–H and O–H groups in total. The largest absolute Gasteiger partial charge is 0.462 e. The van der Waals surface area contributed by atoms with Gasteiger partial charge in [0, 0.05) is 19.3 Å². The number of ether oxygens (including phenoxy) is 3. The first kappa shape index (κ1) is 78.3. The number of rotatable bonds is 61. The third kappa shape index (κ3) is 68.0. The zero-order chi connectivity index (χ0) is 59.9. The molecule has 0 aliphatic carbocycles. The van der Waals surface area contributed by atoms with Crippen LogP contribution in [0.3, 0.4) is 0 Å². The van der Waals surface area contributed by atoms with Crippen LogP contribution in [0.5, 0.6) is 0 Å². The third-order valence-electron chi connectivity index (χ3n) is 14.3. The molecule has 0 amide bonds. The first-order valence-electron chi connectivity index (χ1n) is 34.3. The van der Waals surface area contributed by atoms with E-state index >= 15 is 0 Å². The van der Waals surface area contributed by atoms with Crippen molar-refractivity contribution in [2.24, 2.45) is 0 Å². The molecule has 1 atom stereocenters. The van der Waals surface area contributed by atoms with Gasteiger partial charge in [0.1, 0.15) is 13.2 Å². The van der Waals surface area contributed by atoms with Gasteiger partial charge in [-0.15, -0.1) is 0 Å². The van der Waals surface area contributed by atoms with Gasteiger partial charge < -0.3 is 14.2 Å². The average Bonchev–Trinajstić information content (AvgIpc) is 3.49. The van der Waals surface area contributed by atoms with Gasteiger partial charge in [-0.2, -0.15) is 0 Å². The van der Waals surface area contributed by atoms with Crippen LogP contribution in [0, 0.1) is 0 Å². The van der Waals surface area contributed by atoms with Crippen molar-refractivity contribution in [1.82, 2.24) is 0 Å². The number of carbonyl (C=O) groups excluding carboxylic acids is 3. The molecule has 470 valence electrons. The van der Waals surface area contributed by atoms with Crippen molar-refractivity contribution in [3.05, 3.63) is 146 Å². The second kappa shape index (κ2) is 69.8. The maximum Gasteiger partial charge on any atom is 0.306 e. The Labute approximate surface area is 512 Å². The van der Waals surface area contributed by atoms with Crippen LogP contribution in [0.4, 0.5) is 0 Å². The summed E-state index contributed by atoms with van der Waals surface area (Å²) >= 11 is 0. The quantitative estimate of drug-likeness (QED) is 0.0261. The van der Waals surface area contributed by atoms with Crippen LogP contribution >= 0.6 is 0 Å². The molecule has 0 heterocycles. The van der Waals surface area contributed by atoms with E-state index in [9.17, 15) is 14.4 Å². The average molecular weight is 1150 g/mol. The van der Waals surface area contributed by atoms with Crippen molar-refractivity contribution in [1.29, 1.82) is 0 Å². The van der Waals surface area contributed by atoms with Crippen molar-refractivity contribution >= 4 is 17.9 Å². The Morgan fingerprint density at radius 1 is 0.253 bits per heavy atom. The molecule has 0 saturated heterocycles. The molecule has 0 aromatic carbocycles. The summed E-state index contributed by atoms with van der Waals surface area (Å²) in [7, 11) is 0. The van der Waals surface area contributed by atoms with E-state index in [1.54, 1.807) is 0 Å². The molecule has 0 aromatic heterocycles. The van der Waals surface area contributed by atoms with Gasteiger partial charge in [0.25, 0.3) is 0 Å². The summed E-state index contributed by atoms with van der Waals surface area (Å²) < 4.78 is 17.0. The summed E-state index contributed by atoms with van der Waals surface area (Å²) in [5.74, 6) is -0.921. The van der Waals surface area contributed by atoms with Crippen LogP contribution in [0.2, 0.25) is 0 Å². The van der Waals surface area contributed by atoms with Crippen LogP contribution in [-0.4, -0.2) is 37.2 Å². The summed E-state index contributed by atoms with van der Waals surface area (Å²) in [5.41, 5.74) is 0. The van der Waals surface area contributed by atoms with Crippen molar-refractivity contribution in [3.8, 4) is 0 Å². The number of hydrogen-bond acceptors (Lipinski definition) is 6. The number of carbonyl (C=O) groups is 3. The van der Waals surface area contributed by atoms with Crippen LogP contribution in [-0.2, 0) is 28.6 Å². The van der Waals surface area contributed by atoms with Crippen molar-refractivity contribution in [3.63, 3.8) is 0 Å². The zero-order valence-electron chi connectivity index (χ0n) is 53.9. The Balaban J connectivity index is 4.43. The van der Waals surface area contributed by atoms with Crippen LogP contribution < -0.4 is 0 Å². The second-order valence-electron chi connectivity index (χ2n) is 22.3. The number of hydrogen-bond donors (Lipinski definition) is 0. The molecule has 0 rings (SSSR count). The van der Waals surface area contributed by atoms with Gasteiger partial charge >= 0.3 is 17.9 Å². The Hall–Kier alpha value is -4.71. The molecule has 0 spiro atoms. The first-order chi connectivity index (χ1) is 41.0. The van der Waals surface area contributed by atoms with E-state index in [4.69, 9.17) is 14.2 Å². The first-order valence-corrected chi connectivity index (χ1v) is 34.3. The highest BCUT2D eigenvalue weighted by Gasteiger charge is 2.19. The van der Waals surface area contributed by atoms with Crippen LogP contribution in [0.25, 0.3) is 0 Å².